The number of amides is 2. The minimum Gasteiger partial charge on any atom is -0.448 e. The van der Waals surface area contributed by atoms with E-state index in [2.05, 4.69) is 10.3 Å². The molecule has 0 saturated heterocycles. The molecule has 1 aromatic carbocycles. The Bertz CT molecular complexity index is 1350. The third-order valence-electron chi connectivity index (χ3n) is 7.67. The summed E-state index contributed by atoms with van der Waals surface area (Å²) in [6.07, 6.45) is 2.81. The van der Waals surface area contributed by atoms with Crippen LogP contribution in [0.5, 0.6) is 11.5 Å². The van der Waals surface area contributed by atoms with Gasteiger partial charge in [0.25, 0.3) is 17.3 Å². The second-order valence-electron chi connectivity index (χ2n) is 12.1. The van der Waals surface area contributed by atoms with Crippen LogP contribution in [-0.4, -0.2) is 41.5 Å². The maximum Gasteiger partial charge on any atom is 0.407 e. The van der Waals surface area contributed by atoms with Gasteiger partial charge in [0, 0.05) is 42.8 Å². The van der Waals surface area contributed by atoms with E-state index in [9.17, 15) is 14.4 Å². The Morgan fingerprint density at radius 2 is 1.64 bits per heavy atom. The second-order valence-corrected chi connectivity index (χ2v) is 12.1. The van der Waals surface area contributed by atoms with Gasteiger partial charge in [0.2, 0.25) is 0 Å². The number of fused-ring (bicyclic) bond motifs is 1. The lowest BCUT2D eigenvalue weighted by Gasteiger charge is -2.37. The quantitative estimate of drug-likeness (QED) is 0.534. The first-order chi connectivity index (χ1) is 18.1. The van der Waals surface area contributed by atoms with Crippen molar-refractivity contribution in [2.75, 3.05) is 11.9 Å². The molecule has 2 amide bonds. The monoisotopic (exact) mass is 539 g/mol. The molecule has 0 bridgehead atoms. The highest BCUT2D eigenvalue weighted by Gasteiger charge is 2.47. The molecule has 1 aromatic heterocycles. The van der Waals surface area contributed by atoms with Crippen molar-refractivity contribution < 1.29 is 23.8 Å². The van der Waals surface area contributed by atoms with E-state index >= 15 is 0 Å². The topological polar surface area (TPSA) is 110 Å². The van der Waals surface area contributed by atoms with Crippen LogP contribution in [0.15, 0.2) is 16.9 Å². The van der Waals surface area contributed by atoms with Crippen LogP contribution in [0, 0.1) is 33.6 Å². The molecule has 9 heteroatoms. The number of H-pyrrole nitrogens is 1. The van der Waals surface area contributed by atoms with Gasteiger partial charge in [0.15, 0.2) is 11.5 Å². The molecule has 1 aliphatic carbocycles. The molecular formula is C30H41N3O6. The van der Waals surface area contributed by atoms with Gasteiger partial charge < -0.3 is 29.4 Å². The number of hydrogen-bond donors (Lipinski definition) is 2. The number of nitrogens with one attached hydrogen (secondary N) is 2. The molecule has 2 heterocycles. The van der Waals surface area contributed by atoms with Gasteiger partial charge in [-0.1, -0.05) is 0 Å². The highest BCUT2D eigenvalue weighted by Crippen LogP contribution is 2.50. The first-order valence-corrected chi connectivity index (χ1v) is 13.6. The van der Waals surface area contributed by atoms with E-state index < -0.39 is 17.5 Å². The van der Waals surface area contributed by atoms with Gasteiger partial charge in [0.1, 0.15) is 11.3 Å². The number of nitrogens with zero attached hydrogens (tertiary/aromatic N) is 1. The van der Waals surface area contributed by atoms with Gasteiger partial charge in [-0.15, -0.1) is 0 Å². The van der Waals surface area contributed by atoms with Crippen molar-refractivity contribution in [3.05, 3.63) is 50.4 Å². The normalized spacial score (nSPS) is 22.4. The molecule has 0 radical (unpaired) electrons. The molecule has 212 valence electrons. The van der Waals surface area contributed by atoms with Crippen molar-refractivity contribution in [1.29, 1.82) is 0 Å². The number of carbonyl (C=O) groups is 2. The molecule has 1 unspecified atom stereocenters. The fourth-order valence-electron chi connectivity index (χ4n) is 5.71. The minimum atomic E-state index is -0.882. The number of aromatic nitrogens is 1. The fourth-order valence-corrected chi connectivity index (χ4v) is 5.71. The summed E-state index contributed by atoms with van der Waals surface area (Å²) in [6.45, 7) is 14.9. The van der Waals surface area contributed by atoms with E-state index in [4.69, 9.17) is 14.2 Å². The molecule has 2 N–H and O–H groups in total. The van der Waals surface area contributed by atoms with E-state index in [-0.39, 0.29) is 23.4 Å². The summed E-state index contributed by atoms with van der Waals surface area (Å²) in [7, 11) is 1.61. The number of ether oxygens (including phenoxy) is 3. The van der Waals surface area contributed by atoms with E-state index in [1.807, 2.05) is 67.5 Å². The Hall–Kier alpha value is -3.49. The maximum absolute atomic E-state index is 13.6. The van der Waals surface area contributed by atoms with Crippen LogP contribution in [0.4, 0.5) is 10.5 Å². The fraction of sp³-hybridized carbons (Fsp3) is 0.567. The van der Waals surface area contributed by atoms with Crippen LogP contribution in [0.3, 0.4) is 0 Å². The van der Waals surface area contributed by atoms with E-state index in [0.717, 1.165) is 42.5 Å². The predicted octanol–water partition coefficient (Wildman–Crippen LogP) is 5.46. The number of alkyl carbamates (subject to hydrolysis) is 1. The number of carbonyl (C=O) groups excluding carboxylic acids is 2. The number of aryl methyl sites for hydroxylation is 3. The average Bonchev–Trinajstić information content (AvgIpc) is 3.19. The number of rotatable bonds is 4. The van der Waals surface area contributed by atoms with Crippen LogP contribution in [0.25, 0.3) is 0 Å². The van der Waals surface area contributed by atoms with Crippen LogP contribution < -0.4 is 25.2 Å². The smallest absolute Gasteiger partial charge is 0.407 e. The highest BCUT2D eigenvalue weighted by molar-refractivity contribution is 6.07. The number of pyridine rings is 1. The zero-order chi connectivity index (χ0) is 28.9. The highest BCUT2D eigenvalue weighted by atomic mass is 16.7. The van der Waals surface area contributed by atoms with Crippen molar-refractivity contribution in [3.8, 4) is 11.5 Å². The van der Waals surface area contributed by atoms with Gasteiger partial charge in [-0.2, -0.15) is 0 Å². The summed E-state index contributed by atoms with van der Waals surface area (Å²) in [5, 5.41) is 2.98. The number of anilines is 1. The first kappa shape index (κ1) is 28.5. The predicted molar refractivity (Wildman–Crippen MR) is 150 cm³/mol. The first-order valence-electron chi connectivity index (χ1n) is 13.6. The molecule has 0 spiro atoms. The van der Waals surface area contributed by atoms with Crippen molar-refractivity contribution in [3.63, 3.8) is 0 Å². The van der Waals surface area contributed by atoms with Gasteiger partial charge in [-0.25, -0.2) is 4.79 Å². The summed E-state index contributed by atoms with van der Waals surface area (Å²) in [4.78, 5) is 42.6. The summed E-state index contributed by atoms with van der Waals surface area (Å²) in [5.41, 5.74) is 2.89. The van der Waals surface area contributed by atoms with Gasteiger partial charge in [-0.3, -0.25) is 9.59 Å². The molecular weight excluding hydrogens is 498 g/mol. The van der Waals surface area contributed by atoms with Crippen molar-refractivity contribution in [1.82, 2.24) is 10.3 Å². The summed E-state index contributed by atoms with van der Waals surface area (Å²) in [5.74, 6) is 0.149. The number of hydrogen-bond acceptors (Lipinski definition) is 6. The summed E-state index contributed by atoms with van der Waals surface area (Å²) >= 11 is 0. The summed E-state index contributed by atoms with van der Waals surface area (Å²) < 4.78 is 18.3. The summed E-state index contributed by atoms with van der Waals surface area (Å²) in [6, 6.07) is 3.70. The van der Waals surface area contributed by atoms with Gasteiger partial charge in [0.05, 0.1) is 0 Å². The Morgan fingerprint density at radius 3 is 2.23 bits per heavy atom. The van der Waals surface area contributed by atoms with Crippen molar-refractivity contribution in [2.24, 2.45) is 5.92 Å². The van der Waals surface area contributed by atoms with Crippen LogP contribution >= 0.6 is 0 Å². The van der Waals surface area contributed by atoms with Crippen molar-refractivity contribution in [2.45, 2.75) is 98.5 Å². The zero-order valence-corrected chi connectivity index (χ0v) is 24.5. The molecule has 1 atom stereocenters. The number of aromatic amines is 1. The Kier molecular flexibility index (Phi) is 7.49. The minimum absolute atomic E-state index is 0.0418. The Morgan fingerprint density at radius 1 is 1.03 bits per heavy atom. The van der Waals surface area contributed by atoms with Crippen molar-refractivity contribution >= 4 is 17.7 Å². The average molecular weight is 540 g/mol. The molecule has 1 fully saturated rings. The molecule has 2 aliphatic rings. The molecule has 1 saturated carbocycles. The third-order valence-corrected chi connectivity index (χ3v) is 7.67. The zero-order valence-electron chi connectivity index (χ0n) is 24.5. The van der Waals surface area contributed by atoms with Crippen LogP contribution in [-0.2, 0) is 4.74 Å². The van der Waals surface area contributed by atoms with Gasteiger partial charge in [-0.05, 0) is 97.4 Å². The lowest BCUT2D eigenvalue weighted by atomic mass is 9.81. The SMILES string of the molecule is Cc1cc(C)c(N(C)C(=O)c2cc(C)c3c(c2C)OC(C)(C2CCC(NC(=O)OC(C)(C)C)CC2)O3)c(=O)[nH]1. The molecule has 2 aromatic rings. The molecule has 9 nitrogen and oxygen atoms in total. The lowest BCUT2D eigenvalue weighted by Crippen LogP contribution is -2.48. The van der Waals surface area contributed by atoms with Gasteiger partial charge >= 0.3 is 6.09 Å². The molecule has 1 aliphatic heterocycles. The number of benzene rings is 1. The lowest BCUT2D eigenvalue weighted by molar-refractivity contribution is -0.121. The van der Waals surface area contributed by atoms with E-state index in [0.29, 0.717) is 28.3 Å². The molecule has 39 heavy (non-hydrogen) atoms. The largest absolute Gasteiger partial charge is 0.448 e. The van der Waals surface area contributed by atoms with E-state index in [1.165, 1.54) is 4.90 Å². The standard InChI is InChI=1S/C30H41N3O6/c1-16-14-18(3)31-26(34)23(16)33(9)27(35)22-15-17(2)24-25(19(22)4)38-30(8,37-24)20-10-12-21(13-11-20)32-28(36)39-29(5,6)7/h14-15,20-21H,10-13H2,1-9H3,(H,31,34)(H,32,36). The van der Waals surface area contributed by atoms with E-state index in [1.54, 1.807) is 7.05 Å². The Balaban J connectivity index is 1.50. The molecule has 4 rings (SSSR count). The Labute approximate surface area is 230 Å². The maximum atomic E-state index is 13.6. The second kappa shape index (κ2) is 10.2. The van der Waals surface area contributed by atoms with Crippen LogP contribution in [0.1, 0.15) is 86.1 Å². The third kappa shape index (κ3) is 5.77. The van der Waals surface area contributed by atoms with Crippen LogP contribution in [0.2, 0.25) is 0 Å².